The summed E-state index contributed by atoms with van der Waals surface area (Å²) in [5.74, 6) is 0. The Balaban J connectivity index is 4.97. The van der Waals surface area contributed by atoms with Gasteiger partial charge in [0.25, 0.3) is 0 Å². The van der Waals surface area contributed by atoms with Crippen LogP contribution in [0.5, 0.6) is 0 Å². The zero-order chi connectivity index (χ0) is 58.9. The third-order valence-corrected chi connectivity index (χ3v) is 17.5. The molecule has 0 saturated heterocycles. The maximum atomic E-state index is 3.87. The molecule has 4 heteroatoms. The monoisotopic (exact) mass is 1150 g/mol. The van der Waals surface area contributed by atoms with Crippen molar-refractivity contribution < 1.29 is 0 Å². The van der Waals surface area contributed by atoms with Crippen molar-refractivity contribution in [1.29, 1.82) is 0 Å². The SMILES string of the molecule is CCCCCCCC/C=C/CCCCCCCCNCCCN(CCCCCCCC/C=C/CCCCCCCC)CN(CCCCCCCC/C=C/CCCCCCCC)CCCNCCCCCCC/C=C/CCCCCCCC. The van der Waals surface area contributed by atoms with Crippen LogP contribution in [0.25, 0.3) is 0 Å². The van der Waals surface area contributed by atoms with Crippen molar-refractivity contribution in [3.05, 3.63) is 48.6 Å². The van der Waals surface area contributed by atoms with Crippen LogP contribution in [0.15, 0.2) is 48.6 Å². The van der Waals surface area contributed by atoms with E-state index in [2.05, 4.69) is 96.7 Å². The highest BCUT2D eigenvalue weighted by atomic mass is 15.3. The number of rotatable bonds is 73. The number of allylic oxidation sites excluding steroid dienone is 8. The van der Waals surface area contributed by atoms with E-state index in [0.717, 1.165) is 0 Å². The minimum absolute atomic E-state index is 1.17. The first-order chi connectivity index (χ1) is 40.8. The molecular weight excluding hydrogens is 993 g/mol. The molecule has 0 aromatic heterocycles. The fraction of sp³-hybridized carbons (Fsp3) is 0.897. The van der Waals surface area contributed by atoms with Crippen molar-refractivity contribution in [3.8, 4) is 0 Å². The zero-order valence-electron chi connectivity index (χ0n) is 57.2. The highest BCUT2D eigenvalue weighted by Crippen LogP contribution is 2.16. The van der Waals surface area contributed by atoms with Crippen molar-refractivity contribution in [2.24, 2.45) is 0 Å². The maximum Gasteiger partial charge on any atom is 0.0506 e. The quantitative estimate of drug-likeness (QED) is 0.0361. The molecule has 0 aliphatic rings. The molecule has 2 N–H and O–H groups in total. The Labute approximate surface area is 519 Å². The number of nitrogens with one attached hydrogen (secondary N) is 2. The van der Waals surface area contributed by atoms with Gasteiger partial charge in [0.05, 0.1) is 6.67 Å². The fourth-order valence-corrected chi connectivity index (χ4v) is 11.9. The average Bonchev–Trinajstić information content (AvgIpc) is 3.48. The summed E-state index contributed by atoms with van der Waals surface area (Å²) in [6.07, 6.45) is 98.3. The molecule has 0 aliphatic carbocycles. The Morgan fingerprint density at radius 1 is 0.183 bits per heavy atom. The van der Waals surface area contributed by atoms with Gasteiger partial charge in [-0.1, -0.05) is 301 Å². The van der Waals surface area contributed by atoms with Crippen LogP contribution in [-0.2, 0) is 0 Å². The predicted molar refractivity (Wildman–Crippen MR) is 376 cm³/mol. The third kappa shape index (κ3) is 71.3. The van der Waals surface area contributed by atoms with Gasteiger partial charge in [0, 0.05) is 13.1 Å². The number of hydrogen-bond donors (Lipinski definition) is 2. The maximum absolute atomic E-state index is 3.87. The van der Waals surface area contributed by atoms with E-state index in [4.69, 9.17) is 0 Å². The van der Waals surface area contributed by atoms with Crippen molar-refractivity contribution in [2.75, 3.05) is 59.0 Å². The van der Waals surface area contributed by atoms with Crippen LogP contribution in [0.2, 0.25) is 0 Å². The van der Waals surface area contributed by atoms with Crippen molar-refractivity contribution in [2.45, 2.75) is 394 Å². The Kier molecular flexibility index (Phi) is 74.8. The first-order valence-corrected chi connectivity index (χ1v) is 38.2. The summed E-state index contributed by atoms with van der Waals surface area (Å²) >= 11 is 0. The number of unbranched alkanes of at least 4 members (excludes halogenated alkanes) is 47. The van der Waals surface area contributed by atoms with Gasteiger partial charge in [-0.25, -0.2) is 0 Å². The summed E-state index contributed by atoms with van der Waals surface area (Å²) in [6, 6.07) is 0. The smallest absolute Gasteiger partial charge is 0.0506 e. The van der Waals surface area contributed by atoms with E-state index in [1.54, 1.807) is 0 Å². The van der Waals surface area contributed by atoms with Crippen molar-refractivity contribution in [3.63, 3.8) is 0 Å². The molecule has 82 heavy (non-hydrogen) atoms. The largest absolute Gasteiger partial charge is 0.317 e. The van der Waals surface area contributed by atoms with Crippen molar-refractivity contribution >= 4 is 0 Å². The van der Waals surface area contributed by atoms with Crippen LogP contribution in [0, 0.1) is 0 Å². The first kappa shape index (κ1) is 80.8. The summed E-state index contributed by atoms with van der Waals surface area (Å²) < 4.78 is 0. The predicted octanol–water partition coefficient (Wildman–Crippen LogP) is 25.3. The summed E-state index contributed by atoms with van der Waals surface area (Å²) in [7, 11) is 0. The highest BCUT2D eigenvalue weighted by Gasteiger charge is 2.12. The van der Waals surface area contributed by atoms with Crippen LogP contribution in [-0.4, -0.2) is 68.8 Å². The zero-order valence-corrected chi connectivity index (χ0v) is 57.2. The van der Waals surface area contributed by atoms with Gasteiger partial charge in [-0.2, -0.15) is 0 Å². The second kappa shape index (κ2) is 75.9. The van der Waals surface area contributed by atoms with Crippen LogP contribution in [0.3, 0.4) is 0 Å². The molecule has 0 atom stereocenters. The molecule has 0 amide bonds. The third-order valence-electron chi connectivity index (χ3n) is 17.5. The first-order valence-electron chi connectivity index (χ1n) is 38.2. The normalized spacial score (nSPS) is 12.3. The molecule has 0 aromatic carbocycles. The van der Waals surface area contributed by atoms with Crippen LogP contribution >= 0.6 is 0 Å². The van der Waals surface area contributed by atoms with Crippen LogP contribution in [0.4, 0.5) is 0 Å². The molecule has 0 heterocycles. The van der Waals surface area contributed by atoms with E-state index >= 15 is 0 Å². The lowest BCUT2D eigenvalue weighted by Gasteiger charge is -2.31. The van der Waals surface area contributed by atoms with Gasteiger partial charge in [-0.3, -0.25) is 9.80 Å². The lowest BCUT2D eigenvalue weighted by molar-refractivity contribution is 0.124. The Morgan fingerprint density at radius 2 is 0.354 bits per heavy atom. The van der Waals surface area contributed by atoms with E-state index in [-0.39, 0.29) is 0 Å². The highest BCUT2D eigenvalue weighted by molar-refractivity contribution is 4.84. The van der Waals surface area contributed by atoms with Gasteiger partial charge in [-0.05, 0) is 181 Å². The second-order valence-corrected chi connectivity index (χ2v) is 26.0. The molecular formula is C78H154N4. The van der Waals surface area contributed by atoms with E-state index in [0.29, 0.717) is 0 Å². The summed E-state index contributed by atoms with van der Waals surface area (Å²) in [4.78, 5) is 5.75. The lowest BCUT2D eigenvalue weighted by atomic mass is 10.1. The Bertz CT molecular complexity index is 1240. The van der Waals surface area contributed by atoms with Gasteiger partial charge in [0.2, 0.25) is 0 Å². The molecule has 0 bridgehead atoms. The van der Waals surface area contributed by atoms with E-state index in [9.17, 15) is 0 Å². The molecule has 4 nitrogen and oxygen atoms in total. The average molecular weight is 1150 g/mol. The molecule has 0 aliphatic heterocycles. The van der Waals surface area contributed by atoms with Gasteiger partial charge in [-0.15, -0.1) is 0 Å². The van der Waals surface area contributed by atoms with Crippen molar-refractivity contribution in [1.82, 2.24) is 20.4 Å². The van der Waals surface area contributed by atoms with Gasteiger partial charge in [0.15, 0.2) is 0 Å². The summed E-state index contributed by atoms with van der Waals surface area (Å²) in [6.45, 7) is 20.2. The molecule has 0 aromatic rings. The molecule has 0 unspecified atom stereocenters. The Hall–Kier alpha value is -1.20. The Morgan fingerprint density at radius 3 is 0.585 bits per heavy atom. The molecule has 0 radical (unpaired) electrons. The summed E-state index contributed by atoms with van der Waals surface area (Å²) in [5, 5.41) is 7.74. The van der Waals surface area contributed by atoms with Gasteiger partial charge in [0.1, 0.15) is 0 Å². The van der Waals surface area contributed by atoms with E-state index in [1.165, 1.54) is 425 Å². The topological polar surface area (TPSA) is 30.5 Å². The molecule has 486 valence electrons. The number of nitrogens with zero attached hydrogens (tertiary/aromatic N) is 2. The standard InChI is InChI=1S/C78H154N4/c1-5-9-13-17-21-25-29-33-37-41-45-49-53-57-61-65-71-80-73-69-77-82(75-67-63-59-55-51-47-43-39-35-31-27-23-19-15-11-7-3)78-81(74-66-62-58-54-50-46-42-38-34-30-26-22-18-14-10-6-2)76-68-72-79-70-64-60-56-52-48-44-40-36-32-28-24-20-16-12-8-4/h33-40,79-80H,5-32,41-78H2,1-4H3/b37-33+,38-34+,39-35+,40-36+. The molecule has 0 fully saturated rings. The van der Waals surface area contributed by atoms with Crippen LogP contribution in [0.1, 0.15) is 394 Å². The number of hydrogen-bond acceptors (Lipinski definition) is 4. The van der Waals surface area contributed by atoms with E-state index in [1.807, 2.05) is 0 Å². The summed E-state index contributed by atoms with van der Waals surface area (Å²) in [5.41, 5.74) is 0. The van der Waals surface area contributed by atoms with E-state index < -0.39 is 0 Å². The lowest BCUT2D eigenvalue weighted by Crippen LogP contribution is -2.41. The fourth-order valence-electron chi connectivity index (χ4n) is 11.9. The van der Waals surface area contributed by atoms with Crippen LogP contribution < -0.4 is 10.6 Å². The van der Waals surface area contributed by atoms with Gasteiger partial charge >= 0.3 is 0 Å². The molecule has 0 saturated carbocycles. The molecule has 0 spiro atoms. The van der Waals surface area contributed by atoms with Gasteiger partial charge < -0.3 is 10.6 Å². The second-order valence-electron chi connectivity index (χ2n) is 26.0. The molecule has 0 rings (SSSR count). The minimum atomic E-state index is 1.17. The minimum Gasteiger partial charge on any atom is -0.317 e.